The van der Waals surface area contributed by atoms with Crippen molar-refractivity contribution in [3.63, 3.8) is 0 Å². The van der Waals surface area contributed by atoms with E-state index in [2.05, 4.69) is 40.1 Å². The van der Waals surface area contributed by atoms with E-state index in [1.807, 2.05) is 24.3 Å². The largest absolute Gasteiger partial charge is 0.490 e. The molecule has 0 saturated heterocycles. The third kappa shape index (κ3) is 1.72. The Hall–Kier alpha value is -2.49. The summed E-state index contributed by atoms with van der Waals surface area (Å²) in [5, 5.41) is 0. The number of benzene rings is 2. The Morgan fingerprint density at radius 2 is 2.10 bits per heavy atom. The quantitative estimate of drug-likeness (QED) is 0.735. The van der Waals surface area contributed by atoms with Crippen LogP contribution in [0.4, 0.5) is 5.69 Å². The fourth-order valence-corrected chi connectivity index (χ4v) is 2.59. The summed E-state index contributed by atoms with van der Waals surface area (Å²) in [6.45, 7) is 1.66. The minimum atomic E-state index is 0.729. The van der Waals surface area contributed by atoms with Crippen molar-refractivity contribution in [2.24, 2.45) is 0 Å². The average Bonchev–Trinajstić information content (AvgIpc) is 2.91. The van der Waals surface area contributed by atoms with Crippen molar-refractivity contribution >= 4 is 16.7 Å². The summed E-state index contributed by atoms with van der Waals surface area (Å²) in [6, 6.07) is 14.3. The standard InChI is InChI=1S/C16H15N3O/c1-19-8-9-20-15-10-11(6-7-14(15)19)16-17-12-4-2-3-5-13(12)18-16/h2-7,10H,8-9H2,1H3,(H,17,18). The van der Waals surface area contributed by atoms with E-state index in [9.17, 15) is 0 Å². The zero-order valence-corrected chi connectivity index (χ0v) is 11.3. The summed E-state index contributed by atoms with van der Waals surface area (Å²) in [6.07, 6.45) is 0. The SMILES string of the molecule is CN1CCOc2cc(-c3nc4ccccc4[nH]3)ccc21. The smallest absolute Gasteiger partial charge is 0.143 e. The summed E-state index contributed by atoms with van der Waals surface area (Å²) in [4.78, 5) is 10.2. The van der Waals surface area contributed by atoms with E-state index < -0.39 is 0 Å². The zero-order chi connectivity index (χ0) is 13.5. The van der Waals surface area contributed by atoms with E-state index >= 15 is 0 Å². The minimum Gasteiger partial charge on any atom is -0.490 e. The molecule has 0 unspecified atom stereocenters. The molecule has 0 saturated carbocycles. The molecule has 1 N–H and O–H groups in total. The molecule has 2 aromatic carbocycles. The van der Waals surface area contributed by atoms with Gasteiger partial charge in [-0.05, 0) is 30.3 Å². The molecule has 4 rings (SSSR count). The van der Waals surface area contributed by atoms with Gasteiger partial charge in [-0.25, -0.2) is 4.98 Å². The van der Waals surface area contributed by atoms with E-state index in [0.717, 1.165) is 47.0 Å². The zero-order valence-electron chi connectivity index (χ0n) is 11.3. The Labute approximate surface area is 117 Å². The maximum absolute atomic E-state index is 5.75. The van der Waals surface area contributed by atoms with Crippen molar-refractivity contribution in [3.05, 3.63) is 42.5 Å². The molecule has 1 aliphatic rings. The van der Waals surface area contributed by atoms with Crippen LogP contribution in [0.2, 0.25) is 0 Å². The second-order valence-electron chi connectivity index (χ2n) is 5.06. The Kier molecular flexibility index (Phi) is 2.42. The molecule has 0 aliphatic carbocycles. The monoisotopic (exact) mass is 265 g/mol. The van der Waals surface area contributed by atoms with Crippen molar-refractivity contribution in [1.29, 1.82) is 0 Å². The normalized spacial score (nSPS) is 14.2. The Bertz CT molecular complexity index is 745. The predicted octanol–water partition coefficient (Wildman–Crippen LogP) is 3.06. The van der Waals surface area contributed by atoms with Crippen LogP contribution in [-0.4, -0.2) is 30.2 Å². The van der Waals surface area contributed by atoms with Crippen LogP contribution >= 0.6 is 0 Å². The molecule has 3 aromatic rings. The number of fused-ring (bicyclic) bond motifs is 2. The maximum atomic E-state index is 5.75. The fraction of sp³-hybridized carbons (Fsp3) is 0.188. The predicted molar refractivity (Wildman–Crippen MR) is 80.3 cm³/mol. The molecule has 0 fully saturated rings. The lowest BCUT2D eigenvalue weighted by molar-refractivity contribution is 0.311. The molecule has 1 aromatic heterocycles. The van der Waals surface area contributed by atoms with Crippen molar-refractivity contribution in [2.75, 3.05) is 25.1 Å². The lowest BCUT2D eigenvalue weighted by atomic mass is 10.1. The number of nitrogens with one attached hydrogen (secondary N) is 1. The number of nitrogens with zero attached hydrogens (tertiary/aromatic N) is 2. The number of ether oxygens (including phenoxy) is 1. The summed E-state index contributed by atoms with van der Waals surface area (Å²) < 4.78 is 5.75. The Morgan fingerprint density at radius 1 is 1.20 bits per heavy atom. The number of hydrogen-bond acceptors (Lipinski definition) is 3. The number of hydrogen-bond donors (Lipinski definition) is 1. The number of likely N-dealkylation sites (N-methyl/N-ethyl adjacent to an activating group) is 1. The first-order valence-electron chi connectivity index (χ1n) is 6.74. The number of H-pyrrole nitrogens is 1. The van der Waals surface area contributed by atoms with Crippen LogP contribution in [0.3, 0.4) is 0 Å². The molecule has 2 heterocycles. The van der Waals surface area contributed by atoms with Crippen LogP contribution in [0, 0.1) is 0 Å². The van der Waals surface area contributed by atoms with Crippen molar-refractivity contribution < 1.29 is 4.74 Å². The molecule has 0 amide bonds. The minimum absolute atomic E-state index is 0.729. The van der Waals surface area contributed by atoms with Gasteiger partial charge in [-0.3, -0.25) is 0 Å². The number of aromatic nitrogens is 2. The number of para-hydroxylation sites is 2. The molecule has 0 atom stereocenters. The van der Waals surface area contributed by atoms with E-state index in [1.165, 1.54) is 0 Å². The first-order chi connectivity index (χ1) is 9.81. The number of rotatable bonds is 1. The Balaban J connectivity index is 1.82. The highest BCUT2D eigenvalue weighted by molar-refractivity contribution is 5.80. The van der Waals surface area contributed by atoms with Gasteiger partial charge in [-0.15, -0.1) is 0 Å². The average molecular weight is 265 g/mol. The van der Waals surface area contributed by atoms with Crippen molar-refractivity contribution in [1.82, 2.24) is 9.97 Å². The van der Waals surface area contributed by atoms with Crippen LogP contribution < -0.4 is 9.64 Å². The van der Waals surface area contributed by atoms with Crippen molar-refractivity contribution in [2.45, 2.75) is 0 Å². The van der Waals surface area contributed by atoms with Gasteiger partial charge in [0.25, 0.3) is 0 Å². The van der Waals surface area contributed by atoms with E-state index in [4.69, 9.17) is 4.74 Å². The Morgan fingerprint density at radius 3 is 3.00 bits per heavy atom. The van der Waals surface area contributed by atoms with E-state index in [-0.39, 0.29) is 0 Å². The van der Waals surface area contributed by atoms with Gasteiger partial charge in [0.15, 0.2) is 0 Å². The second kappa shape index (κ2) is 4.27. The molecule has 0 spiro atoms. The molecule has 1 aliphatic heterocycles. The summed E-state index contributed by atoms with van der Waals surface area (Å²) >= 11 is 0. The van der Waals surface area contributed by atoms with Gasteiger partial charge in [-0.2, -0.15) is 0 Å². The van der Waals surface area contributed by atoms with Gasteiger partial charge in [-0.1, -0.05) is 12.1 Å². The molecule has 20 heavy (non-hydrogen) atoms. The van der Waals surface area contributed by atoms with Gasteiger partial charge in [0.2, 0.25) is 0 Å². The lowest BCUT2D eigenvalue weighted by Gasteiger charge is -2.27. The summed E-state index contributed by atoms with van der Waals surface area (Å²) in [5.41, 5.74) is 4.22. The highest BCUT2D eigenvalue weighted by Crippen LogP contribution is 2.34. The first kappa shape index (κ1) is 11.3. The summed E-state index contributed by atoms with van der Waals surface area (Å²) in [7, 11) is 2.09. The maximum Gasteiger partial charge on any atom is 0.143 e. The molecule has 4 nitrogen and oxygen atoms in total. The van der Waals surface area contributed by atoms with Gasteiger partial charge in [0.1, 0.15) is 18.2 Å². The highest BCUT2D eigenvalue weighted by atomic mass is 16.5. The molecular formula is C16H15N3O. The van der Waals surface area contributed by atoms with Gasteiger partial charge < -0.3 is 14.6 Å². The molecule has 0 radical (unpaired) electrons. The molecule has 100 valence electrons. The van der Waals surface area contributed by atoms with Crippen LogP contribution in [-0.2, 0) is 0 Å². The van der Waals surface area contributed by atoms with Crippen LogP contribution in [0.1, 0.15) is 0 Å². The van der Waals surface area contributed by atoms with Crippen LogP contribution in [0.15, 0.2) is 42.5 Å². The molecular weight excluding hydrogens is 250 g/mol. The second-order valence-corrected chi connectivity index (χ2v) is 5.06. The van der Waals surface area contributed by atoms with Crippen LogP contribution in [0.5, 0.6) is 5.75 Å². The van der Waals surface area contributed by atoms with Gasteiger partial charge in [0, 0.05) is 12.6 Å². The topological polar surface area (TPSA) is 41.1 Å². The van der Waals surface area contributed by atoms with E-state index in [1.54, 1.807) is 0 Å². The van der Waals surface area contributed by atoms with Gasteiger partial charge >= 0.3 is 0 Å². The summed E-state index contributed by atoms with van der Waals surface area (Å²) in [5.74, 6) is 1.81. The number of anilines is 1. The van der Waals surface area contributed by atoms with E-state index in [0.29, 0.717) is 0 Å². The highest BCUT2D eigenvalue weighted by Gasteiger charge is 2.16. The number of aromatic amines is 1. The third-order valence-electron chi connectivity index (χ3n) is 3.72. The first-order valence-corrected chi connectivity index (χ1v) is 6.74. The molecule has 0 bridgehead atoms. The molecule has 4 heteroatoms. The van der Waals surface area contributed by atoms with Crippen LogP contribution in [0.25, 0.3) is 22.4 Å². The lowest BCUT2D eigenvalue weighted by Crippen LogP contribution is -2.28. The third-order valence-corrected chi connectivity index (χ3v) is 3.72. The van der Waals surface area contributed by atoms with Crippen molar-refractivity contribution in [3.8, 4) is 17.1 Å². The number of imidazole rings is 1. The fourth-order valence-electron chi connectivity index (χ4n) is 2.59. The van der Waals surface area contributed by atoms with Gasteiger partial charge in [0.05, 0.1) is 23.3 Å².